The van der Waals surface area contributed by atoms with Gasteiger partial charge in [0.15, 0.2) is 11.6 Å². The molecule has 1 unspecified atom stereocenters. The summed E-state index contributed by atoms with van der Waals surface area (Å²) in [7, 11) is 0. The molecule has 1 fully saturated rings. The summed E-state index contributed by atoms with van der Waals surface area (Å²) in [6.07, 6.45) is 2.21. The molecule has 0 aromatic heterocycles. The molecule has 0 spiro atoms. The predicted molar refractivity (Wildman–Crippen MR) is 68.3 cm³/mol. The van der Waals surface area contributed by atoms with Crippen molar-refractivity contribution in [2.75, 3.05) is 11.5 Å². The SMILES string of the molecule is CC(NC1CCSCC1)c1cccc(F)c1F. The highest BCUT2D eigenvalue weighted by Gasteiger charge is 2.19. The summed E-state index contributed by atoms with van der Waals surface area (Å²) in [5, 5.41) is 3.38. The van der Waals surface area contributed by atoms with E-state index in [-0.39, 0.29) is 6.04 Å². The highest BCUT2D eigenvalue weighted by molar-refractivity contribution is 7.99. The van der Waals surface area contributed by atoms with Gasteiger partial charge >= 0.3 is 0 Å². The second-order valence-corrected chi connectivity index (χ2v) is 5.64. The smallest absolute Gasteiger partial charge is 0.163 e. The van der Waals surface area contributed by atoms with Crippen LogP contribution in [-0.4, -0.2) is 17.5 Å². The third kappa shape index (κ3) is 3.19. The van der Waals surface area contributed by atoms with Gasteiger partial charge < -0.3 is 5.32 Å². The van der Waals surface area contributed by atoms with E-state index in [9.17, 15) is 8.78 Å². The fraction of sp³-hybridized carbons (Fsp3) is 0.538. The van der Waals surface area contributed by atoms with Crippen molar-refractivity contribution in [3.05, 3.63) is 35.4 Å². The maximum Gasteiger partial charge on any atom is 0.163 e. The summed E-state index contributed by atoms with van der Waals surface area (Å²) < 4.78 is 26.7. The van der Waals surface area contributed by atoms with Crippen molar-refractivity contribution in [1.29, 1.82) is 0 Å². The van der Waals surface area contributed by atoms with Crippen LogP contribution in [-0.2, 0) is 0 Å². The Hall–Kier alpha value is -0.610. The van der Waals surface area contributed by atoms with E-state index in [1.54, 1.807) is 12.1 Å². The van der Waals surface area contributed by atoms with Crippen LogP contribution in [0.15, 0.2) is 18.2 Å². The van der Waals surface area contributed by atoms with Crippen LogP contribution in [0, 0.1) is 11.6 Å². The normalized spacial score (nSPS) is 19.2. The molecule has 1 aromatic rings. The molecule has 0 saturated carbocycles. The van der Waals surface area contributed by atoms with Crippen LogP contribution in [0.4, 0.5) is 8.78 Å². The van der Waals surface area contributed by atoms with Crippen LogP contribution in [0.1, 0.15) is 31.4 Å². The largest absolute Gasteiger partial charge is 0.307 e. The van der Waals surface area contributed by atoms with E-state index in [0.29, 0.717) is 11.6 Å². The number of benzene rings is 1. The molecular weight excluding hydrogens is 240 g/mol. The summed E-state index contributed by atoms with van der Waals surface area (Å²) in [6.45, 7) is 1.89. The third-order valence-corrected chi connectivity index (χ3v) is 4.20. The molecule has 0 aliphatic carbocycles. The van der Waals surface area contributed by atoms with Gasteiger partial charge in [-0.05, 0) is 37.3 Å². The van der Waals surface area contributed by atoms with E-state index in [1.165, 1.54) is 0 Å². The lowest BCUT2D eigenvalue weighted by Gasteiger charge is -2.26. The van der Waals surface area contributed by atoms with Gasteiger partial charge in [-0.15, -0.1) is 0 Å². The first kappa shape index (κ1) is 12.8. The monoisotopic (exact) mass is 257 g/mol. The topological polar surface area (TPSA) is 12.0 Å². The van der Waals surface area contributed by atoms with Crippen molar-refractivity contribution < 1.29 is 8.78 Å². The summed E-state index contributed by atoms with van der Waals surface area (Å²) in [4.78, 5) is 0. The van der Waals surface area contributed by atoms with Gasteiger partial charge in [-0.3, -0.25) is 0 Å². The fourth-order valence-corrected chi connectivity index (χ4v) is 3.27. The standard InChI is InChI=1S/C13H17F2NS/c1-9(16-10-5-7-17-8-6-10)11-3-2-4-12(14)13(11)15/h2-4,9-10,16H,5-8H2,1H3. The zero-order valence-electron chi connectivity index (χ0n) is 9.88. The van der Waals surface area contributed by atoms with Crippen LogP contribution in [0.2, 0.25) is 0 Å². The van der Waals surface area contributed by atoms with Gasteiger partial charge in [0.05, 0.1) is 0 Å². The lowest BCUT2D eigenvalue weighted by molar-refractivity contribution is 0.412. The Kier molecular flexibility index (Phi) is 4.40. The average molecular weight is 257 g/mol. The molecule has 1 N–H and O–H groups in total. The molecule has 1 aliphatic rings. The first-order valence-electron chi connectivity index (χ1n) is 5.96. The zero-order chi connectivity index (χ0) is 12.3. The number of hydrogen-bond acceptors (Lipinski definition) is 2. The van der Waals surface area contributed by atoms with Gasteiger partial charge in [0.25, 0.3) is 0 Å². The van der Waals surface area contributed by atoms with E-state index < -0.39 is 11.6 Å². The van der Waals surface area contributed by atoms with Gasteiger partial charge in [-0.25, -0.2) is 8.78 Å². The van der Waals surface area contributed by atoms with Gasteiger partial charge in [0, 0.05) is 17.6 Å². The fourth-order valence-electron chi connectivity index (χ4n) is 2.16. The van der Waals surface area contributed by atoms with Crippen LogP contribution in [0.5, 0.6) is 0 Å². The predicted octanol–water partition coefficient (Wildman–Crippen LogP) is 3.51. The Morgan fingerprint density at radius 3 is 2.71 bits per heavy atom. The van der Waals surface area contributed by atoms with E-state index in [2.05, 4.69) is 5.32 Å². The number of nitrogens with one attached hydrogen (secondary N) is 1. The minimum atomic E-state index is -0.768. The van der Waals surface area contributed by atoms with Gasteiger partial charge in [0.2, 0.25) is 0 Å². The molecule has 2 rings (SSSR count). The Bertz CT molecular complexity index is 378. The van der Waals surface area contributed by atoms with Crippen molar-refractivity contribution in [2.24, 2.45) is 0 Å². The number of rotatable bonds is 3. The molecule has 94 valence electrons. The molecule has 1 saturated heterocycles. The van der Waals surface area contributed by atoms with E-state index in [1.807, 2.05) is 18.7 Å². The molecule has 1 heterocycles. The second-order valence-electron chi connectivity index (χ2n) is 4.42. The molecule has 0 amide bonds. The molecule has 1 nitrogen and oxygen atoms in total. The maximum atomic E-state index is 13.6. The Morgan fingerprint density at radius 1 is 1.29 bits per heavy atom. The van der Waals surface area contributed by atoms with Crippen molar-refractivity contribution in [1.82, 2.24) is 5.32 Å². The van der Waals surface area contributed by atoms with Crippen LogP contribution < -0.4 is 5.32 Å². The van der Waals surface area contributed by atoms with E-state index >= 15 is 0 Å². The van der Waals surface area contributed by atoms with Crippen molar-refractivity contribution in [3.63, 3.8) is 0 Å². The third-order valence-electron chi connectivity index (χ3n) is 3.15. The zero-order valence-corrected chi connectivity index (χ0v) is 10.7. The van der Waals surface area contributed by atoms with Gasteiger partial charge in [0.1, 0.15) is 0 Å². The molecular formula is C13H17F2NS. The van der Waals surface area contributed by atoms with Crippen molar-refractivity contribution in [2.45, 2.75) is 31.8 Å². The second kappa shape index (κ2) is 5.83. The first-order valence-corrected chi connectivity index (χ1v) is 7.11. The number of hydrogen-bond donors (Lipinski definition) is 1. The van der Waals surface area contributed by atoms with Crippen molar-refractivity contribution in [3.8, 4) is 0 Å². The Balaban J connectivity index is 2.03. The first-order chi connectivity index (χ1) is 8.18. The molecule has 17 heavy (non-hydrogen) atoms. The quantitative estimate of drug-likeness (QED) is 0.889. The summed E-state index contributed by atoms with van der Waals surface area (Å²) in [5.41, 5.74) is 0.420. The molecule has 1 aliphatic heterocycles. The van der Waals surface area contributed by atoms with Crippen LogP contribution >= 0.6 is 11.8 Å². The molecule has 0 bridgehead atoms. The molecule has 0 radical (unpaired) electrons. The summed E-state index contributed by atoms with van der Waals surface area (Å²) in [6, 6.07) is 4.65. The minimum absolute atomic E-state index is 0.140. The molecule has 1 aromatic carbocycles. The average Bonchev–Trinajstić information content (AvgIpc) is 2.34. The lowest BCUT2D eigenvalue weighted by Crippen LogP contribution is -2.34. The number of halogens is 2. The molecule has 4 heteroatoms. The van der Waals surface area contributed by atoms with Gasteiger partial charge in [-0.1, -0.05) is 12.1 Å². The summed E-state index contributed by atoms with van der Waals surface area (Å²) in [5.74, 6) is 0.805. The van der Waals surface area contributed by atoms with Crippen LogP contribution in [0.25, 0.3) is 0 Å². The van der Waals surface area contributed by atoms with Crippen LogP contribution in [0.3, 0.4) is 0 Å². The highest BCUT2D eigenvalue weighted by atomic mass is 32.2. The minimum Gasteiger partial charge on any atom is -0.307 e. The Morgan fingerprint density at radius 2 is 2.00 bits per heavy atom. The Labute approximate surface area is 105 Å². The van der Waals surface area contributed by atoms with Gasteiger partial charge in [-0.2, -0.15) is 11.8 Å². The highest BCUT2D eigenvalue weighted by Crippen LogP contribution is 2.23. The lowest BCUT2D eigenvalue weighted by atomic mass is 10.0. The van der Waals surface area contributed by atoms with Crippen molar-refractivity contribution >= 4 is 11.8 Å². The number of thioether (sulfide) groups is 1. The maximum absolute atomic E-state index is 13.6. The molecule has 1 atom stereocenters. The van der Waals surface area contributed by atoms with E-state index in [0.717, 1.165) is 30.4 Å². The van der Waals surface area contributed by atoms with E-state index in [4.69, 9.17) is 0 Å². The summed E-state index contributed by atoms with van der Waals surface area (Å²) >= 11 is 1.95.